The number of nitrogens with two attached hydrogens (primary N) is 1. The largest absolute Gasteiger partial charge is 0.384 e. The molecule has 0 spiro atoms. The van der Waals surface area contributed by atoms with Crippen molar-refractivity contribution in [2.24, 2.45) is 14.1 Å². The zero-order valence-corrected chi connectivity index (χ0v) is 17.6. The number of thioether (sulfide) groups is 1. The van der Waals surface area contributed by atoms with Crippen LogP contribution < -0.4 is 17.0 Å². The molecule has 1 aromatic carbocycles. The Balaban J connectivity index is 1.88. The third-order valence-electron chi connectivity index (χ3n) is 4.46. The lowest BCUT2D eigenvalue weighted by Crippen LogP contribution is -2.41. The minimum Gasteiger partial charge on any atom is -0.384 e. The van der Waals surface area contributed by atoms with Crippen LogP contribution in [0.15, 0.2) is 39.0 Å². The molecule has 0 aliphatic heterocycles. The highest BCUT2D eigenvalue weighted by molar-refractivity contribution is 7.99. The summed E-state index contributed by atoms with van der Waals surface area (Å²) in [5.41, 5.74) is 5.19. The number of hydrogen-bond donors (Lipinski definition) is 1. The Labute approximate surface area is 175 Å². The molecule has 3 rings (SSSR count). The second kappa shape index (κ2) is 8.26. The van der Waals surface area contributed by atoms with Crippen LogP contribution in [0.4, 0.5) is 5.82 Å². The molecule has 3 aromatic rings. The molecule has 2 N–H and O–H groups in total. The van der Waals surface area contributed by atoms with Crippen molar-refractivity contribution in [3.63, 3.8) is 0 Å². The van der Waals surface area contributed by atoms with E-state index >= 15 is 0 Å². The van der Waals surface area contributed by atoms with Crippen LogP contribution in [0, 0.1) is 0 Å². The van der Waals surface area contributed by atoms with E-state index in [1.54, 1.807) is 12.1 Å². The monoisotopic (exact) mass is 434 g/mol. The highest BCUT2D eigenvalue weighted by Gasteiger charge is 2.22. The molecule has 2 aromatic heterocycles. The maximum absolute atomic E-state index is 12.7. The first-order chi connectivity index (χ1) is 13.8. The Morgan fingerprint density at radius 2 is 1.79 bits per heavy atom. The van der Waals surface area contributed by atoms with Crippen LogP contribution in [-0.2, 0) is 20.6 Å². The molecule has 0 bridgehead atoms. The molecule has 0 unspecified atom stereocenters. The number of Topliss-reactive ketones (excluding diaryl/α,β-unsaturated/α-hetero) is 1. The van der Waals surface area contributed by atoms with Crippen LogP contribution in [0.25, 0.3) is 11.4 Å². The van der Waals surface area contributed by atoms with Crippen LogP contribution in [0.1, 0.15) is 17.3 Å². The van der Waals surface area contributed by atoms with Crippen molar-refractivity contribution < 1.29 is 4.79 Å². The average Bonchev–Trinajstić information content (AvgIpc) is 3.12. The van der Waals surface area contributed by atoms with Gasteiger partial charge in [-0.05, 0) is 31.2 Å². The zero-order chi connectivity index (χ0) is 21.3. The Morgan fingerprint density at radius 3 is 2.41 bits per heavy atom. The second-order valence-corrected chi connectivity index (χ2v) is 7.61. The lowest BCUT2D eigenvalue weighted by atomic mass is 10.2. The van der Waals surface area contributed by atoms with Crippen LogP contribution in [0.2, 0.25) is 5.02 Å². The van der Waals surface area contributed by atoms with Gasteiger partial charge < -0.3 is 10.3 Å². The van der Waals surface area contributed by atoms with Gasteiger partial charge in [-0.2, -0.15) is 0 Å². The minimum atomic E-state index is -0.713. The fraction of sp³-hybridized carbons (Fsp3) is 0.278. The van der Waals surface area contributed by atoms with Crippen molar-refractivity contribution in [2.75, 3.05) is 11.5 Å². The fourth-order valence-corrected chi connectivity index (χ4v) is 3.82. The van der Waals surface area contributed by atoms with Gasteiger partial charge in [0.25, 0.3) is 5.56 Å². The topological polar surface area (TPSA) is 118 Å². The van der Waals surface area contributed by atoms with E-state index in [1.165, 1.54) is 14.1 Å². The van der Waals surface area contributed by atoms with Crippen LogP contribution in [0.3, 0.4) is 0 Å². The van der Waals surface area contributed by atoms with E-state index in [-0.39, 0.29) is 17.1 Å². The summed E-state index contributed by atoms with van der Waals surface area (Å²) < 4.78 is 3.80. The molecule has 152 valence electrons. The van der Waals surface area contributed by atoms with Crippen molar-refractivity contribution in [2.45, 2.75) is 18.6 Å². The summed E-state index contributed by atoms with van der Waals surface area (Å²) in [4.78, 5) is 36.9. The standard InChI is InChI=1S/C18H19ClN6O3S/c1-4-25-15(10-5-7-11(19)8-6-10)21-22-17(25)29-9-12(26)13-14(20)23(2)18(28)24(3)16(13)27/h5-8H,4,9,20H2,1-3H3. The van der Waals surface area contributed by atoms with Gasteiger partial charge in [0.1, 0.15) is 11.4 Å². The number of nitrogens with zero attached hydrogens (tertiary/aromatic N) is 5. The minimum absolute atomic E-state index is 0.0730. The van der Waals surface area contributed by atoms with E-state index in [0.717, 1.165) is 26.5 Å². The number of halogens is 1. The normalized spacial score (nSPS) is 11.0. The van der Waals surface area contributed by atoms with Crippen molar-refractivity contribution in [3.05, 3.63) is 55.7 Å². The zero-order valence-electron chi connectivity index (χ0n) is 16.0. The van der Waals surface area contributed by atoms with E-state index in [2.05, 4.69) is 10.2 Å². The van der Waals surface area contributed by atoms with Gasteiger partial charge in [0.15, 0.2) is 16.8 Å². The van der Waals surface area contributed by atoms with E-state index in [1.807, 2.05) is 23.6 Å². The van der Waals surface area contributed by atoms with Crippen molar-refractivity contribution in [1.82, 2.24) is 23.9 Å². The molecular formula is C18H19ClN6O3S. The molecule has 0 atom stereocenters. The number of nitrogen functional groups attached to an aromatic ring is 1. The number of hydrogen-bond acceptors (Lipinski definition) is 7. The summed E-state index contributed by atoms with van der Waals surface area (Å²) in [7, 11) is 2.72. The Morgan fingerprint density at radius 1 is 1.14 bits per heavy atom. The van der Waals surface area contributed by atoms with E-state index in [4.69, 9.17) is 17.3 Å². The van der Waals surface area contributed by atoms with Crippen LogP contribution in [-0.4, -0.2) is 35.4 Å². The first-order valence-electron chi connectivity index (χ1n) is 8.66. The van der Waals surface area contributed by atoms with Gasteiger partial charge in [0.2, 0.25) is 0 Å². The Bertz CT molecular complexity index is 1200. The van der Waals surface area contributed by atoms with Gasteiger partial charge in [-0.1, -0.05) is 23.4 Å². The van der Waals surface area contributed by atoms with Crippen molar-refractivity contribution >= 4 is 35.0 Å². The highest BCUT2D eigenvalue weighted by atomic mass is 35.5. The first kappa shape index (κ1) is 20.9. The van der Waals surface area contributed by atoms with E-state index < -0.39 is 17.0 Å². The van der Waals surface area contributed by atoms with Crippen molar-refractivity contribution in [1.29, 1.82) is 0 Å². The van der Waals surface area contributed by atoms with Gasteiger partial charge in [0.05, 0.1) is 5.75 Å². The molecule has 2 heterocycles. The summed E-state index contributed by atoms with van der Waals surface area (Å²) >= 11 is 7.08. The molecule has 29 heavy (non-hydrogen) atoms. The molecule has 0 saturated heterocycles. The molecule has 0 aliphatic rings. The summed E-state index contributed by atoms with van der Waals surface area (Å²) in [5, 5.41) is 9.53. The number of carbonyl (C=O) groups is 1. The fourth-order valence-electron chi connectivity index (χ4n) is 2.82. The molecule has 9 nitrogen and oxygen atoms in total. The molecule has 0 fully saturated rings. The second-order valence-electron chi connectivity index (χ2n) is 6.24. The van der Waals surface area contributed by atoms with E-state index in [9.17, 15) is 14.4 Å². The first-order valence-corrected chi connectivity index (χ1v) is 10.0. The smallest absolute Gasteiger partial charge is 0.332 e. The van der Waals surface area contributed by atoms with E-state index in [0.29, 0.717) is 22.5 Å². The number of ketones is 1. The summed E-state index contributed by atoms with van der Waals surface area (Å²) in [6, 6.07) is 7.21. The molecule has 11 heteroatoms. The van der Waals surface area contributed by atoms with Gasteiger partial charge in [-0.15, -0.1) is 10.2 Å². The lowest BCUT2D eigenvalue weighted by Gasteiger charge is -2.11. The molecule has 0 saturated carbocycles. The van der Waals surface area contributed by atoms with Gasteiger partial charge >= 0.3 is 5.69 Å². The quantitative estimate of drug-likeness (QED) is 0.462. The summed E-state index contributed by atoms with van der Waals surface area (Å²) in [6.45, 7) is 2.53. The number of aromatic nitrogens is 5. The maximum Gasteiger partial charge on any atom is 0.332 e. The number of carbonyl (C=O) groups excluding carboxylic acids is 1. The van der Waals surface area contributed by atoms with Gasteiger partial charge in [0, 0.05) is 31.2 Å². The lowest BCUT2D eigenvalue weighted by molar-refractivity contribution is 0.102. The van der Waals surface area contributed by atoms with Gasteiger partial charge in [-0.3, -0.25) is 18.7 Å². The molecule has 0 amide bonds. The SMILES string of the molecule is CCn1c(SCC(=O)c2c(N)n(C)c(=O)n(C)c2=O)nnc1-c1ccc(Cl)cc1. The molecule has 0 radical (unpaired) electrons. The molecular weight excluding hydrogens is 416 g/mol. The maximum atomic E-state index is 12.7. The number of benzene rings is 1. The van der Waals surface area contributed by atoms with Crippen LogP contribution in [0.5, 0.6) is 0 Å². The number of anilines is 1. The number of rotatable bonds is 6. The molecule has 0 aliphatic carbocycles. The average molecular weight is 435 g/mol. The third-order valence-corrected chi connectivity index (χ3v) is 5.68. The summed E-state index contributed by atoms with van der Waals surface area (Å²) in [5.74, 6) is -0.0577. The Kier molecular flexibility index (Phi) is 5.94. The van der Waals surface area contributed by atoms with Crippen LogP contribution >= 0.6 is 23.4 Å². The predicted molar refractivity (Wildman–Crippen MR) is 113 cm³/mol. The highest BCUT2D eigenvalue weighted by Crippen LogP contribution is 2.25. The Hall–Kier alpha value is -2.85. The predicted octanol–water partition coefficient (Wildman–Crippen LogP) is 1.57. The summed E-state index contributed by atoms with van der Waals surface area (Å²) in [6.07, 6.45) is 0. The van der Waals surface area contributed by atoms with Crippen molar-refractivity contribution in [3.8, 4) is 11.4 Å². The third kappa shape index (κ3) is 3.85. The van der Waals surface area contributed by atoms with Gasteiger partial charge in [-0.25, -0.2) is 4.79 Å².